The number of rotatable bonds is 4. The van der Waals surface area contributed by atoms with Crippen molar-refractivity contribution in [3.8, 4) is 0 Å². The summed E-state index contributed by atoms with van der Waals surface area (Å²) < 4.78 is 5.84. The molecule has 0 bridgehead atoms. The predicted molar refractivity (Wildman–Crippen MR) is 87.5 cm³/mol. The first kappa shape index (κ1) is 13.7. The molecular formula is C18H20N2O. The number of hydrogen-bond acceptors (Lipinski definition) is 3. The van der Waals surface area contributed by atoms with Crippen LogP contribution in [0.3, 0.4) is 0 Å². The van der Waals surface area contributed by atoms with E-state index in [1.165, 1.54) is 5.56 Å². The van der Waals surface area contributed by atoms with Crippen LogP contribution in [0.2, 0.25) is 0 Å². The molecule has 1 aromatic heterocycles. The van der Waals surface area contributed by atoms with E-state index in [-0.39, 0.29) is 6.04 Å². The van der Waals surface area contributed by atoms with Crippen LogP contribution in [0.15, 0.2) is 52.9 Å². The molecule has 0 saturated heterocycles. The largest absolute Gasteiger partial charge is 0.461 e. The van der Waals surface area contributed by atoms with Crippen molar-refractivity contribution < 1.29 is 4.42 Å². The molecule has 3 N–H and O–H groups in total. The van der Waals surface area contributed by atoms with Crippen molar-refractivity contribution in [3.05, 3.63) is 65.4 Å². The Kier molecular flexibility index (Phi) is 3.67. The number of para-hydroxylation sites is 1. The van der Waals surface area contributed by atoms with E-state index in [1.807, 2.05) is 25.1 Å². The normalized spacial score (nSPS) is 12.5. The predicted octanol–water partition coefficient (Wildman–Crippen LogP) is 4.16. The Morgan fingerprint density at radius 2 is 1.76 bits per heavy atom. The monoisotopic (exact) mass is 280 g/mol. The molecular weight excluding hydrogens is 260 g/mol. The Hall–Kier alpha value is -2.26. The molecule has 1 atom stereocenters. The lowest BCUT2D eigenvalue weighted by Gasteiger charge is -2.18. The van der Waals surface area contributed by atoms with Gasteiger partial charge in [-0.05, 0) is 32.0 Å². The number of hydrogen-bond donors (Lipinski definition) is 2. The Bertz CT molecular complexity index is 744. The number of fused-ring (bicyclic) bond motifs is 1. The first-order chi connectivity index (χ1) is 10.2. The van der Waals surface area contributed by atoms with Crippen molar-refractivity contribution in [2.75, 3.05) is 11.9 Å². The van der Waals surface area contributed by atoms with Crippen LogP contribution in [-0.2, 0) is 0 Å². The zero-order chi connectivity index (χ0) is 14.8. The zero-order valence-electron chi connectivity index (χ0n) is 12.4. The van der Waals surface area contributed by atoms with Crippen molar-refractivity contribution in [1.82, 2.24) is 0 Å². The molecule has 0 saturated carbocycles. The Morgan fingerprint density at radius 1 is 1.05 bits per heavy atom. The third-order valence-electron chi connectivity index (χ3n) is 3.80. The summed E-state index contributed by atoms with van der Waals surface area (Å²) in [6.07, 6.45) is 0. The third kappa shape index (κ3) is 2.65. The van der Waals surface area contributed by atoms with Crippen LogP contribution >= 0.6 is 0 Å². The standard InChI is InChI=1S/C18H20N2O/c1-12-7-9-14(10-8-12)20-16(11-19)18-13(2)21-17-6-4-3-5-15(17)18/h3-10,16,20H,11,19H2,1-2H3. The minimum absolute atomic E-state index is 0.0383. The van der Waals surface area contributed by atoms with Crippen LogP contribution in [0.1, 0.15) is 22.9 Å². The Balaban J connectivity index is 1.98. The SMILES string of the molecule is Cc1ccc(NC(CN)c2c(C)oc3ccccc23)cc1. The summed E-state index contributed by atoms with van der Waals surface area (Å²) in [4.78, 5) is 0. The minimum Gasteiger partial charge on any atom is -0.461 e. The lowest BCUT2D eigenvalue weighted by Crippen LogP contribution is -2.21. The van der Waals surface area contributed by atoms with Gasteiger partial charge in [-0.1, -0.05) is 35.9 Å². The lowest BCUT2D eigenvalue weighted by atomic mass is 10.0. The van der Waals surface area contributed by atoms with E-state index >= 15 is 0 Å². The van der Waals surface area contributed by atoms with E-state index in [9.17, 15) is 0 Å². The maximum Gasteiger partial charge on any atom is 0.134 e. The van der Waals surface area contributed by atoms with Crippen LogP contribution in [0.25, 0.3) is 11.0 Å². The van der Waals surface area contributed by atoms with Gasteiger partial charge in [0.1, 0.15) is 11.3 Å². The van der Waals surface area contributed by atoms with Gasteiger partial charge in [0.15, 0.2) is 0 Å². The Morgan fingerprint density at radius 3 is 2.48 bits per heavy atom. The molecule has 3 rings (SSSR count). The van der Waals surface area contributed by atoms with Gasteiger partial charge in [0.2, 0.25) is 0 Å². The van der Waals surface area contributed by atoms with E-state index in [4.69, 9.17) is 10.2 Å². The fraction of sp³-hybridized carbons (Fsp3) is 0.222. The average Bonchev–Trinajstić information content (AvgIpc) is 2.83. The molecule has 1 unspecified atom stereocenters. The first-order valence-electron chi connectivity index (χ1n) is 7.20. The van der Waals surface area contributed by atoms with Crippen molar-refractivity contribution in [3.63, 3.8) is 0 Å². The summed E-state index contributed by atoms with van der Waals surface area (Å²) in [6.45, 7) is 4.59. The van der Waals surface area contributed by atoms with Gasteiger partial charge < -0.3 is 15.5 Å². The van der Waals surface area contributed by atoms with Crippen molar-refractivity contribution in [1.29, 1.82) is 0 Å². The molecule has 0 fully saturated rings. The number of benzene rings is 2. The summed E-state index contributed by atoms with van der Waals surface area (Å²) in [7, 11) is 0. The highest BCUT2D eigenvalue weighted by molar-refractivity contribution is 5.83. The second kappa shape index (κ2) is 5.62. The van der Waals surface area contributed by atoms with Gasteiger partial charge in [-0.2, -0.15) is 0 Å². The number of anilines is 1. The second-order valence-corrected chi connectivity index (χ2v) is 5.37. The summed E-state index contributed by atoms with van der Waals surface area (Å²) >= 11 is 0. The van der Waals surface area contributed by atoms with E-state index in [2.05, 4.69) is 42.6 Å². The van der Waals surface area contributed by atoms with E-state index in [0.29, 0.717) is 6.54 Å². The van der Waals surface area contributed by atoms with Gasteiger partial charge >= 0.3 is 0 Å². The molecule has 2 aromatic carbocycles. The molecule has 108 valence electrons. The molecule has 0 spiro atoms. The highest BCUT2D eigenvalue weighted by atomic mass is 16.3. The van der Waals surface area contributed by atoms with Crippen LogP contribution in [0.5, 0.6) is 0 Å². The van der Waals surface area contributed by atoms with E-state index in [0.717, 1.165) is 28.0 Å². The molecule has 0 aliphatic heterocycles. The number of nitrogens with two attached hydrogens (primary N) is 1. The zero-order valence-corrected chi connectivity index (χ0v) is 12.4. The molecule has 3 nitrogen and oxygen atoms in total. The summed E-state index contributed by atoms with van der Waals surface area (Å²) in [5.74, 6) is 0.922. The number of furan rings is 1. The Labute approximate surface area is 124 Å². The quantitative estimate of drug-likeness (QED) is 0.754. The maximum absolute atomic E-state index is 6.00. The molecule has 0 radical (unpaired) electrons. The molecule has 3 heteroatoms. The van der Waals surface area contributed by atoms with Gasteiger partial charge in [0.25, 0.3) is 0 Å². The second-order valence-electron chi connectivity index (χ2n) is 5.37. The van der Waals surface area contributed by atoms with Gasteiger partial charge in [0.05, 0.1) is 6.04 Å². The van der Waals surface area contributed by atoms with Crippen molar-refractivity contribution >= 4 is 16.7 Å². The van der Waals surface area contributed by atoms with Crippen molar-refractivity contribution in [2.45, 2.75) is 19.9 Å². The van der Waals surface area contributed by atoms with Gasteiger partial charge in [-0.3, -0.25) is 0 Å². The topological polar surface area (TPSA) is 51.2 Å². The maximum atomic E-state index is 6.00. The smallest absolute Gasteiger partial charge is 0.134 e. The number of nitrogens with one attached hydrogen (secondary N) is 1. The molecule has 0 amide bonds. The van der Waals surface area contributed by atoms with Gasteiger partial charge in [-0.15, -0.1) is 0 Å². The first-order valence-corrected chi connectivity index (χ1v) is 7.20. The summed E-state index contributed by atoms with van der Waals surface area (Å²) in [5.41, 5.74) is 10.4. The van der Waals surface area contributed by atoms with Crippen LogP contribution in [-0.4, -0.2) is 6.54 Å². The molecule has 0 aliphatic carbocycles. The highest BCUT2D eigenvalue weighted by Gasteiger charge is 2.19. The fourth-order valence-corrected chi connectivity index (χ4v) is 2.72. The third-order valence-corrected chi connectivity index (χ3v) is 3.80. The van der Waals surface area contributed by atoms with Gasteiger partial charge in [0, 0.05) is 23.2 Å². The molecule has 0 aliphatic rings. The highest BCUT2D eigenvalue weighted by Crippen LogP contribution is 2.31. The summed E-state index contributed by atoms with van der Waals surface area (Å²) in [5, 5.41) is 4.64. The van der Waals surface area contributed by atoms with Crippen molar-refractivity contribution in [2.24, 2.45) is 5.73 Å². The van der Waals surface area contributed by atoms with Crippen LogP contribution in [0.4, 0.5) is 5.69 Å². The van der Waals surface area contributed by atoms with Crippen LogP contribution in [0, 0.1) is 13.8 Å². The number of aryl methyl sites for hydroxylation is 2. The minimum atomic E-state index is 0.0383. The molecule has 1 heterocycles. The van der Waals surface area contributed by atoms with E-state index in [1.54, 1.807) is 0 Å². The summed E-state index contributed by atoms with van der Waals surface area (Å²) in [6, 6.07) is 16.5. The lowest BCUT2D eigenvalue weighted by molar-refractivity contribution is 0.566. The van der Waals surface area contributed by atoms with E-state index < -0.39 is 0 Å². The van der Waals surface area contributed by atoms with Gasteiger partial charge in [-0.25, -0.2) is 0 Å². The molecule has 3 aromatic rings. The fourth-order valence-electron chi connectivity index (χ4n) is 2.72. The molecule has 21 heavy (non-hydrogen) atoms. The van der Waals surface area contributed by atoms with Crippen LogP contribution < -0.4 is 11.1 Å². The average molecular weight is 280 g/mol.